The van der Waals surface area contributed by atoms with E-state index in [9.17, 15) is 18.0 Å². The molecule has 0 unspecified atom stereocenters. The van der Waals surface area contributed by atoms with E-state index in [4.69, 9.17) is 5.11 Å². The molecule has 0 saturated carbocycles. The van der Waals surface area contributed by atoms with Crippen LogP contribution in [0.5, 0.6) is 0 Å². The molecular weight excluding hydrogens is 274 g/mol. The van der Waals surface area contributed by atoms with Crippen molar-refractivity contribution in [1.82, 2.24) is 15.4 Å². The second-order valence-electron chi connectivity index (χ2n) is 4.48. The third-order valence-electron chi connectivity index (χ3n) is 2.22. The third-order valence-corrected chi connectivity index (χ3v) is 2.95. The second-order valence-corrected chi connectivity index (χ2v) is 6.31. The van der Waals surface area contributed by atoms with Gasteiger partial charge in [0.2, 0.25) is 10.0 Å². The lowest BCUT2D eigenvalue weighted by Crippen LogP contribution is -2.48. The Balaban J connectivity index is 3.90. The SMILES string of the molecule is CC(C)[C@@H](NC(=O)NCCCNS(C)(=O)=O)C(=O)O. The Morgan fingerprint density at radius 1 is 1.21 bits per heavy atom. The first kappa shape index (κ1) is 17.6. The quantitative estimate of drug-likeness (QED) is 0.442. The molecule has 112 valence electrons. The predicted octanol–water partition coefficient (Wildman–Crippen LogP) is -0.666. The molecule has 0 aromatic rings. The number of rotatable bonds is 8. The topological polar surface area (TPSA) is 125 Å². The van der Waals surface area contributed by atoms with Gasteiger partial charge in [-0.15, -0.1) is 0 Å². The summed E-state index contributed by atoms with van der Waals surface area (Å²) in [7, 11) is -3.22. The Hall–Kier alpha value is -1.35. The van der Waals surface area contributed by atoms with Gasteiger partial charge in [-0.3, -0.25) is 0 Å². The number of amides is 2. The molecule has 0 fully saturated rings. The molecule has 0 spiro atoms. The van der Waals surface area contributed by atoms with Crippen molar-refractivity contribution in [3.8, 4) is 0 Å². The van der Waals surface area contributed by atoms with Crippen LogP contribution in [0.4, 0.5) is 4.79 Å². The lowest BCUT2D eigenvalue weighted by atomic mass is 10.1. The van der Waals surface area contributed by atoms with Gasteiger partial charge in [-0.05, 0) is 12.3 Å². The van der Waals surface area contributed by atoms with Gasteiger partial charge in [0.15, 0.2) is 0 Å². The molecule has 19 heavy (non-hydrogen) atoms. The number of carbonyl (C=O) groups is 2. The van der Waals surface area contributed by atoms with Crippen molar-refractivity contribution in [3.63, 3.8) is 0 Å². The summed E-state index contributed by atoms with van der Waals surface area (Å²) in [5, 5.41) is 13.7. The summed E-state index contributed by atoms with van der Waals surface area (Å²) in [4.78, 5) is 22.2. The zero-order chi connectivity index (χ0) is 15.1. The van der Waals surface area contributed by atoms with Crippen molar-refractivity contribution >= 4 is 22.0 Å². The minimum absolute atomic E-state index is 0.214. The average Bonchev–Trinajstić information content (AvgIpc) is 2.22. The molecule has 1 atom stereocenters. The molecule has 0 saturated heterocycles. The van der Waals surface area contributed by atoms with E-state index in [1.165, 1.54) is 0 Å². The van der Waals surface area contributed by atoms with Gasteiger partial charge >= 0.3 is 12.0 Å². The predicted molar refractivity (Wildman–Crippen MR) is 70.3 cm³/mol. The van der Waals surface area contributed by atoms with Gasteiger partial charge in [-0.1, -0.05) is 13.8 Å². The first-order chi connectivity index (χ1) is 8.63. The highest BCUT2D eigenvalue weighted by molar-refractivity contribution is 7.88. The van der Waals surface area contributed by atoms with Crippen molar-refractivity contribution in [2.24, 2.45) is 5.92 Å². The molecule has 0 rings (SSSR count). The minimum atomic E-state index is -3.22. The highest BCUT2D eigenvalue weighted by Gasteiger charge is 2.22. The molecule has 4 N–H and O–H groups in total. The smallest absolute Gasteiger partial charge is 0.326 e. The molecule has 2 amide bonds. The second kappa shape index (κ2) is 7.95. The summed E-state index contributed by atoms with van der Waals surface area (Å²) in [5.41, 5.74) is 0. The van der Waals surface area contributed by atoms with E-state index in [-0.39, 0.29) is 19.0 Å². The van der Waals surface area contributed by atoms with Crippen LogP contribution in [0, 0.1) is 5.92 Å². The number of aliphatic carboxylic acids is 1. The number of carbonyl (C=O) groups excluding carboxylic acids is 1. The maximum absolute atomic E-state index is 11.4. The van der Waals surface area contributed by atoms with Crippen LogP contribution in [0.3, 0.4) is 0 Å². The van der Waals surface area contributed by atoms with E-state index in [1.54, 1.807) is 13.8 Å². The molecule has 0 radical (unpaired) electrons. The number of urea groups is 1. The molecule has 0 aromatic heterocycles. The number of sulfonamides is 1. The number of hydrogen-bond acceptors (Lipinski definition) is 4. The van der Waals surface area contributed by atoms with Gasteiger partial charge in [0.1, 0.15) is 6.04 Å². The summed E-state index contributed by atoms with van der Waals surface area (Å²) < 4.78 is 23.8. The monoisotopic (exact) mass is 295 g/mol. The normalized spacial score (nSPS) is 13.1. The fraction of sp³-hybridized carbons (Fsp3) is 0.800. The maximum atomic E-state index is 11.4. The Morgan fingerprint density at radius 2 is 1.79 bits per heavy atom. The van der Waals surface area contributed by atoms with Crippen LogP contribution in [-0.2, 0) is 14.8 Å². The summed E-state index contributed by atoms with van der Waals surface area (Å²) in [6.45, 7) is 3.84. The number of carboxylic acid groups (broad SMARTS) is 1. The van der Waals surface area contributed by atoms with Crippen molar-refractivity contribution < 1.29 is 23.1 Å². The molecule has 0 aliphatic heterocycles. The molecule has 0 heterocycles. The molecule has 0 aliphatic carbocycles. The van der Waals surface area contributed by atoms with Crippen molar-refractivity contribution in [1.29, 1.82) is 0 Å². The minimum Gasteiger partial charge on any atom is -0.480 e. The Labute approximate surface area is 113 Å². The lowest BCUT2D eigenvalue weighted by Gasteiger charge is -2.18. The van der Waals surface area contributed by atoms with Crippen LogP contribution in [-0.4, -0.2) is 50.9 Å². The molecule has 0 aliphatic rings. The van der Waals surface area contributed by atoms with E-state index in [2.05, 4.69) is 15.4 Å². The summed E-state index contributed by atoms with van der Waals surface area (Å²) in [6.07, 6.45) is 1.47. The van der Waals surface area contributed by atoms with Gasteiger partial charge in [0.05, 0.1) is 6.26 Å². The van der Waals surface area contributed by atoms with Crippen molar-refractivity contribution in [3.05, 3.63) is 0 Å². The zero-order valence-corrected chi connectivity index (χ0v) is 12.1. The number of nitrogens with one attached hydrogen (secondary N) is 3. The van der Waals surface area contributed by atoms with Crippen LogP contribution in [0.25, 0.3) is 0 Å². The van der Waals surface area contributed by atoms with E-state index in [1.807, 2.05) is 0 Å². The molecule has 0 aromatic carbocycles. The number of carboxylic acids is 1. The third kappa shape index (κ3) is 9.25. The zero-order valence-electron chi connectivity index (χ0n) is 11.3. The maximum Gasteiger partial charge on any atom is 0.326 e. The summed E-state index contributed by atoms with van der Waals surface area (Å²) >= 11 is 0. The highest BCUT2D eigenvalue weighted by atomic mass is 32.2. The van der Waals surface area contributed by atoms with Crippen LogP contribution >= 0.6 is 0 Å². The molecular formula is C10H21N3O5S. The van der Waals surface area contributed by atoms with Gasteiger partial charge < -0.3 is 15.7 Å². The first-order valence-electron chi connectivity index (χ1n) is 5.85. The average molecular weight is 295 g/mol. The van der Waals surface area contributed by atoms with Crippen LogP contribution in [0.1, 0.15) is 20.3 Å². The van der Waals surface area contributed by atoms with Crippen molar-refractivity contribution in [2.45, 2.75) is 26.3 Å². The van der Waals surface area contributed by atoms with E-state index >= 15 is 0 Å². The van der Waals surface area contributed by atoms with Gasteiger partial charge in [-0.25, -0.2) is 22.7 Å². The Morgan fingerprint density at radius 3 is 2.21 bits per heavy atom. The van der Waals surface area contributed by atoms with Gasteiger partial charge in [-0.2, -0.15) is 0 Å². The van der Waals surface area contributed by atoms with Gasteiger partial charge in [0.25, 0.3) is 0 Å². The van der Waals surface area contributed by atoms with E-state index < -0.39 is 28.1 Å². The number of hydrogen-bond donors (Lipinski definition) is 4. The van der Waals surface area contributed by atoms with Crippen LogP contribution < -0.4 is 15.4 Å². The first-order valence-corrected chi connectivity index (χ1v) is 7.74. The standard InChI is InChI=1S/C10H21N3O5S/c1-7(2)8(9(14)15)13-10(16)11-5-4-6-12-19(3,17)18/h7-8,12H,4-6H2,1-3H3,(H,14,15)(H2,11,13,16)/t8-/m1/s1. The Kier molecular flexibility index (Phi) is 7.38. The van der Waals surface area contributed by atoms with E-state index in [0.29, 0.717) is 6.42 Å². The lowest BCUT2D eigenvalue weighted by molar-refractivity contribution is -0.140. The Bertz CT molecular complexity index is 407. The fourth-order valence-electron chi connectivity index (χ4n) is 1.25. The van der Waals surface area contributed by atoms with Gasteiger partial charge in [0, 0.05) is 13.1 Å². The summed E-state index contributed by atoms with van der Waals surface area (Å²) in [5.74, 6) is -1.32. The molecule has 0 bridgehead atoms. The molecule has 9 heteroatoms. The molecule has 8 nitrogen and oxygen atoms in total. The van der Waals surface area contributed by atoms with Crippen LogP contribution in [0.15, 0.2) is 0 Å². The highest BCUT2D eigenvalue weighted by Crippen LogP contribution is 2.01. The van der Waals surface area contributed by atoms with Crippen LogP contribution in [0.2, 0.25) is 0 Å². The fourth-order valence-corrected chi connectivity index (χ4v) is 1.77. The van der Waals surface area contributed by atoms with E-state index in [0.717, 1.165) is 6.26 Å². The largest absolute Gasteiger partial charge is 0.480 e. The summed E-state index contributed by atoms with van der Waals surface area (Å²) in [6, 6.07) is -1.53. The van der Waals surface area contributed by atoms with Crippen molar-refractivity contribution in [2.75, 3.05) is 19.3 Å².